The van der Waals surface area contributed by atoms with Crippen molar-refractivity contribution in [2.24, 2.45) is 16.7 Å². The Morgan fingerprint density at radius 1 is 0.488 bits per heavy atom. The Morgan fingerprint density at radius 2 is 0.829 bits per heavy atom. The molecule has 0 spiro atoms. The minimum atomic E-state index is -1.08. The monoisotopic (exact) mass is 1770 g/mol. The Balaban J connectivity index is 0.000000273. The summed E-state index contributed by atoms with van der Waals surface area (Å²) in [5.41, 5.74) is 2.69. The molecule has 129 heavy (non-hydrogen) atoms. The number of ether oxygens (including phenoxy) is 1. The van der Waals surface area contributed by atoms with Crippen LogP contribution in [-0.2, 0) is 41.6 Å². The summed E-state index contributed by atoms with van der Waals surface area (Å²) < 4.78 is 77.7. The summed E-state index contributed by atoms with van der Waals surface area (Å²) in [7, 11) is 1.45. The molecule has 678 valence electrons. The molecule has 2 fully saturated rings. The van der Waals surface area contributed by atoms with Crippen molar-refractivity contribution in [3.05, 3.63) is 288 Å². The van der Waals surface area contributed by atoms with E-state index in [1.807, 2.05) is 61.5 Å². The summed E-state index contributed by atoms with van der Waals surface area (Å²) in [6.07, 6.45) is 12.0. The predicted octanol–water partition coefficient (Wildman–Crippen LogP) is 10.1. The minimum Gasteiger partial charge on any atom is -0.870 e. The number of hydrogen-bond acceptors (Lipinski definition) is 15. The van der Waals surface area contributed by atoms with Gasteiger partial charge in [-0.15, -0.1) is 6.20 Å². The van der Waals surface area contributed by atoms with Crippen LogP contribution in [0.25, 0.3) is 17.1 Å². The molecule has 2 saturated heterocycles. The summed E-state index contributed by atoms with van der Waals surface area (Å²) in [5, 5.41) is 12.0. The normalized spacial score (nSPS) is 15.6. The van der Waals surface area contributed by atoms with E-state index in [1.165, 1.54) is 97.8 Å². The molecule has 10 aromatic rings. The van der Waals surface area contributed by atoms with Crippen LogP contribution in [0.3, 0.4) is 0 Å². The second-order valence-electron chi connectivity index (χ2n) is 34.8. The Kier molecular flexibility index (Phi) is 35.9. The number of amides is 9. The number of aromatic nitrogens is 6. The van der Waals surface area contributed by atoms with Crippen molar-refractivity contribution in [3.63, 3.8) is 0 Å². The van der Waals surface area contributed by atoms with Crippen molar-refractivity contribution in [3.8, 4) is 17.1 Å². The number of nitrogens with zero attached hydrogens (tertiary/aromatic N) is 11. The SMILES string of the molecule is CC[C@@H](C)C(=O)N[C@H](C(=O)N1C[C@@H](NC(=O)c2ccccc2)C[C@H]1CN(CCc1ccc(F)cc1)C(=O)c1cn(-c2ccc(F)cc2)cn1)C(C)(C)C.C[C@@H](C(=O)N[C@H](C(=O)N1C[C@@H](NC(=O)c2ccccc2)C[C@H]1CN(CCc1ccc(F)cc1)C(=O)c1cn(-c2ccc(F)cc2)cn1)C(C)(C)C)N(C)C(=O)OC(C)(C)C.O=[C-]c1cn(-c2ccc(F)cc2)cn1.[Li+].[OH-]. The third kappa shape index (κ3) is 28.5. The molecule has 0 radical (unpaired) electrons. The molecule has 5 N–H and O–H groups in total. The largest absolute Gasteiger partial charge is 1.00 e. The Labute approximate surface area is 760 Å². The van der Waals surface area contributed by atoms with Crippen LogP contribution in [0.1, 0.15) is 161 Å². The fraction of sp³-hybridized carbons (Fsp3) is 0.365. The van der Waals surface area contributed by atoms with Crippen LogP contribution in [-0.4, -0.2) is 212 Å². The maximum atomic E-state index is 14.9. The number of imidazole rings is 3. The summed E-state index contributed by atoms with van der Waals surface area (Å²) in [5.74, 6) is -5.14. The van der Waals surface area contributed by atoms with Gasteiger partial charge in [0, 0.05) is 111 Å². The van der Waals surface area contributed by atoms with E-state index in [9.17, 15) is 69.9 Å². The van der Waals surface area contributed by atoms with Gasteiger partial charge in [-0.1, -0.05) is 116 Å². The van der Waals surface area contributed by atoms with E-state index in [1.54, 1.807) is 195 Å². The van der Waals surface area contributed by atoms with Crippen LogP contribution in [0.4, 0.5) is 26.7 Å². The third-order valence-electron chi connectivity index (χ3n) is 21.9. The maximum absolute atomic E-state index is 14.9. The molecule has 33 heteroatoms. The summed E-state index contributed by atoms with van der Waals surface area (Å²) in [6.45, 7) is 22.3. The molecule has 12 rings (SSSR count). The van der Waals surface area contributed by atoms with Crippen LogP contribution in [0, 0.1) is 45.8 Å². The molecule has 0 unspecified atom stereocenters. The zero-order valence-electron chi connectivity index (χ0n) is 74.9. The first kappa shape index (κ1) is 101. The predicted molar refractivity (Wildman–Crippen MR) is 471 cm³/mol. The first-order chi connectivity index (χ1) is 60.2. The van der Waals surface area contributed by atoms with E-state index >= 15 is 0 Å². The van der Waals surface area contributed by atoms with Crippen LogP contribution < -0.4 is 40.1 Å². The van der Waals surface area contributed by atoms with Crippen LogP contribution in [0.2, 0.25) is 0 Å². The average Bonchev–Trinajstić information content (AvgIpc) is 1.63. The van der Waals surface area contributed by atoms with Gasteiger partial charge in [0.1, 0.15) is 76.9 Å². The molecule has 5 heterocycles. The van der Waals surface area contributed by atoms with Gasteiger partial charge in [-0.2, -0.15) is 0 Å². The molecule has 3 aromatic heterocycles. The molecule has 7 aromatic carbocycles. The topological polar surface area (TPSA) is 328 Å². The first-order valence-electron chi connectivity index (χ1n) is 42.0. The summed E-state index contributed by atoms with van der Waals surface area (Å²) >= 11 is 0. The zero-order valence-corrected chi connectivity index (χ0v) is 74.9. The van der Waals surface area contributed by atoms with Gasteiger partial charge in [-0.25, -0.2) is 36.7 Å². The van der Waals surface area contributed by atoms with Crippen molar-refractivity contribution in [1.29, 1.82) is 0 Å². The van der Waals surface area contributed by atoms with Crippen molar-refractivity contribution in [2.45, 2.75) is 163 Å². The van der Waals surface area contributed by atoms with E-state index in [2.05, 4.69) is 36.2 Å². The molecule has 8 atom stereocenters. The number of likely N-dealkylation sites (N-methyl/N-ethyl adjacent to an activating group) is 1. The van der Waals surface area contributed by atoms with Gasteiger partial charge in [0.25, 0.3) is 23.6 Å². The summed E-state index contributed by atoms with van der Waals surface area (Å²) in [4.78, 5) is 155. The van der Waals surface area contributed by atoms with Gasteiger partial charge in [0.15, 0.2) is 0 Å². The zero-order chi connectivity index (χ0) is 92.2. The summed E-state index contributed by atoms with van der Waals surface area (Å²) in [6, 6.07) is 41.8. The van der Waals surface area contributed by atoms with Gasteiger partial charge in [0.05, 0.1) is 18.4 Å². The molecular formula is C96H110F5LiN15O12-. The molecule has 0 bridgehead atoms. The van der Waals surface area contributed by atoms with Gasteiger partial charge in [0.2, 0.25) is 23.6 Å². The Hall–Kier alpha value is -12.9. The van der Waals surface area contributed by atoms with Gasteiger partial charge >= 0.3 is 25.0 Å². The fourth-order valence-corrected chi connectivity index (χ4v) is 14.4. The number of carbonyl (C=O) groups is 9. The van der Waals surface area contributed by atoms with Crippen LogP contribution in [0.15, 0.2) is 220 Å². The van der Waals surface area contributed by atoms with E-state index < -0.39 is 100 Å². The molecular weight excluding hydrogens is 1660 g/mol. The van der Waals surface area contributed by atoms with Gasteiger partial charge in [-0.3, -0.25) is 48.2 Å². The molecule has 0 aliphatic carbocycles. The van der Waals surface area contributed by atoms with Gasteiger partial charge in [-0.05, 0) is 209 Å². The maximum Gasteiger partial charge on any atom is 1.00 e. The second kappa shape index (κ2) is 45.7. The first-order valence-corrected chi connectivity index (χ1v) is 42.0. The molecule has 9 amide bonds. The number of rotatable bonds is 28. The number of halogens is 5. The fourth-order valence-electron chi connectivity index (χ4n) is 14.4. The molecule has 0 saturated carbocycles. The van der Waals surface area contributed by atoms with Crippen molar-refractivity contribution in [2.75, 3.05) is 46.3 Å². The van der Waals surface area contributed by atoms with E-state index in [0.717, 1.165) is 16.8 Å². The Morgan fingerprint density at radius 3 is 1.16 bits per heavy atom. The minimum absolute atomic E-state index is 0. The van der Waals surface area contributed by atoms with Crippen LogP contribution >= 0.6 is 0 Å². The van der Waals surface area contributed by atoms with E-state index in [4.69, 9.17) is 4.74 Å². The number of likely N-dealkylation sites (tertiary alicyclic amines) is 2. The Bertz CT molecular complexity index is 5420. The van der Waals surface area contributed by atoms with Crippen LogP contribution in [0.5, 0.6) is 0 Å². The van der Waals surface area contributed by atoms with Gasteiger partial charge < -0.3 is 69.6 Å². The van der Waals surface area contributed by atoms with Crippen molar-refractivity contribution in [1.82, 2.24) is 74.4 Å². The van der Waals surface area contributed by atoms with Crippen molar-refractivity contribution >= 4 is 59.6 Å². The standard InChI is InChI=1S/C45H55F2N7O6.C41H48F2N6O4.C10H6FN2O.Li.H2O/c1-29(51(8)43(59)60-45(5,6)7)39(55)50-38(44(2,3)4)42(58)54-25-34(49-40(56)31-12-10-9-11-13-31)24-36(54)26-52(23-22-30-14-16-32(46)17-15-30)41(57)37-27-53(28-48-37)35-20-18-33(47)19-21-35;1-6-27(2)37(50)46-36(41(3,4)5)40(53)49-23-32(45-38(51)29-10-8-7-9-11-29)22-34(49)24-47(21-20-28-12-14-30(42)15-13-28)39(52)35-25-48(26-44-35)33-18-16-31(43)17-19-33;11-8-1-3-10(4-2-8)13-5-9(6-14)12-7-13;;/h9-21,27-29,34,36,38H,22-26H2,1-8H3,(H,49,56)(H,50,55);7-19,25-27,32,34,36H,6,20-24H2,1-5H3,(H,45,51)(H,46,50);1-5,7H;;1H2/q;;-1;+1;/p-1/t29-,34-,36-,38+;27-,32+,34+,36-;;;/m01.../s1. The number of nitrogens with one attached hydrogen (secondary N) is 4. The number of hydrogen-bond donors (Lipinski definition) is 4. The smallest absolute Gasteiger partial charge is 0.870 e. The van der Waals surface area contributed by atoms with E-state index in [0.29, 0.717) is 48.2 Å². The third-order valence-corrected chi connectivity index (χ3v) is 21.9. The van der Waals surface area contributed by atoms with Crippen molar-refractivity contribution < 1.29 is 99.0 Å². The number of carbonyl (C=O) groups excluding carboxylic acids is 10. The second-order valence-corrected chi connectivity index (χ2v) is 34.8. The molecule has 2 aliphatic heterocycles. The molecule has 2 aliphatic rings. The quantitative estimate of drug-likeness (QED) is 0.0201. The molecule has 27 nitrogen and oxygen atoms in total. The number of benzene rings is 7. The average molecular weight is 1770 g/mol. The van der Waals surface area contributed by atoms with E-state index in [-0.39, 0.29) is 134 Å².